The van der Waals surface area contributed by atoms with Crippen molar-refractivity contribution in [2.24, 2.45) is 0 Å². The number of rotatable bonds is 12. The van der Waals surface area contributed by atoms with Crippen LogP contribution in [0.15, 0.2) is 94.7 Å². The van der Waals surface area contributed by atoms with Crippen LogP contribution in [0.2, 0.25) is 0 Å². The van der Waals surface area contributed by atoms with Crippen LogP contribution in [0.3, 0.4) is 0 Å². The SMILES string of the molecule is O=C(O)c1cc(Oc2ccc(NS(=O)(=O)c3ccc([N+](=O)[O-])cc3)c(C(=O)O)c2)ccc1NS(=O)(=O)c1ccc([N+](=O)[O-])cc1. The molecule has 0 aliphatic rings. The number of nitrogens with one attached hydrogen (secondary N) is 2. The van der Waals surface area contributed by atoms with Gasteiger partial charge in [0.05, 0.1) is 42.1 Å². The smallest absolute Gasteiger partial charge is 0.337 e. The van der Waals surface area contributed by atoms with Crippen LogP contribution in [0.5, 0.6) is 11.5 Å². The van der Waals surface area contributed by atoms with E-state index in [0.29, 0.717) is 0 Å². The van der Waals surface area contributed by atoms with E-state index in [4.69, 9.17) is 4.74 Å². The van der Waals surface area contributed by atoms with Gasteiger partial charge in [-0.1, -0.05) is 0 Å². The molecule has 0 unspecified atom stereocenters. The number of hydrogen-bond donors (Lipinski definition) is 4. The van der Waals surface area contributed by atoms with Crippen LogP contribution in [0.4, 0.5) is 22.7 Å². The number of carboxylic acids is 2. The number of aromatic carboxylic acids is 2. The summed E-state index contributed by atoms with van der Waals surface area (Å²) in [7, 11) is -8.75. The first kappa shape index (κ1) is 31.8. The molecule has 19 heteroatoms. The number of sulfonamides is 2. The third-order valence-corrected chi connectivity index (χ3v) is 8.65. The van der Waals surface area contributed by atoms with Crippen molar-refractivity contribution in [1.82, 2.24) is 0 Å². The number of non-ortho nitro benzene ring substituents is 2. The van der Waals surface area contributed by atoms with Crippen molar-refractivity contribution in [3.8, 4) is 11.5 Å². The fraction of sp³-hybridized carbons (Fsp3) is 0. The van der Waals surface area contributed by atoms with Gasteiger partial charge in [0.2, 0.25) is 0 Å². The molecular formula is C26H18N4O13S2. The van der Waals surface area contributed by atoms with Crippen molar-refractivity contribution in [2.75, 3.05) is 9.44 Å². The van der Waals surface area contributed by atoms with Crippen LogP contribution < -0.4 is 14.2 Å². The maximum atomic E-state index is 12.8. The first-order valence-electron chi connectivity index (χ1n) is 12.0. The van der Waals surface area contributed by atoms with E-state index >= 15 is 0 Å². The average molecular weight is 659 g/mol. The van der Waals surface area contributed by atoms with E-state index in [1.54, 1.807) is 0 Å². The standard InChI is InChI=1S/C26H18N4O13S2/c31-25(32)21-13-17(5-11-23(21)27-44(39,40)19-7-1-15(2-8-19)29(35)36)43-18-6-12-24(22(14-18)26(33)34)28-45(41,42)20-9-3-16(4-10-20)30(37)38/h1-14,27-28H,(H,31,32)(H,33,34). The molecule has 4 N–H and O–H groups in total. The van der Waals surface area contributed by atoms with Crippen LogP contribution in [-0.2, 0) is 20.0 Å². The minimum Gasteiger partial charge on any atom is -0.478 e. The summed E-state index contributed by atoms with van der Waals surface area (Å²) in [4.78, 5) is 43.3. The summed E-state index contributed by atoms with van der Waals surface area (Å²) in [6.45, 7) is 0. The van der Waals surface area contributed by atoms with Crippen molar-refractivity contribution >= 4 is 54.7 Å². The third-order valence-electron chi connectivity index (χ3n) is 5.88. The van der Waals surface area contributed by atoms with Crippen molar-refractivity contribution in [3.63, 3.8) is 0 Å². The predicted molar refractivity (Wildman–Crippen MR) is 155 cm³/mol. The predicted octanol–water partition coefficient (Wildman–Crippen LogP) is 4.29. The molecule has 4 rings (SSSR count). The van der Waals surface area contributed by atoms with Gasteiger partial charge in [-0.3, -0.25) is 29.7 Å². The zero-order chi connectivity index (χ0) is 33.1. The molecule has 45 heavy (non-hydrogen) atoms. The molecule has 0 radical (unpaired) electrons. The number of benzene rings is 4. The van der Waals surface area contributed by atoms with E-state index in [1.807, 2.05) is 0 Å². The van der Waals surface area contributed by atoms with Gasteiger partial charge in [0, 0.05) is 24.3 Å². The number of nitro benzene ring substituents is 2. The molecule has 0 atom stereocenters. The number of ether oxygens (including phenoxy) is 1. The summed E-state index contributed by atoms with van der Waals surface area (Å²) in [5, 5.41) is 41.0. The van der Waals surface area contributed by atoms with Crippen LogP contribution in [0.1, 0.15) is 20.7 Å². The van der Waals surface area contributed by atoms with E-state index in [9.17, 15) is 56.9 Å². The summed E-state index contributed by atoms with van der Waals surface area (Å²) in [5.74, 6) is -3.46. The van der Waals surface area contributed by atoms with E-state index in [0.717, 1.165) is 72.8 Å². The highest BCUT2D eigenvalue weighted by atomic mass is 32.2. The molecule has 0 fully saturated rings. The quantitative estimate of drug-likeness (QED) is 0.122. The van der Waals surface area contributed by atoms with Gasteiger partial charge in [0.25, 0.3) is 31.4 Å². The van der Waals surface area contributed by atoms with Gasteiger partial charge >= 0.3 is 11.9 Å². The summed E-state index contributed by atoms with van der Waals surface area (Å²) in [5.41, 5.74) is -2.61. The van der Waals surface area contributed by atoms with Gasteiger partial charge in [-0.25, -0.2) is 26.4 Å². The monoisotopic (exact) mass is 658 g/mol. The molecule has 4 aromatic carbocycles. The summed E-state index contributed by atoms with van der Waals surface area (Å²) < 4.78 is 60.8. The van der Waals surface area contributed by atoms with Gasteiger partial charge < -0.3 is 14.9 Å². The van der Waals surface area contributed by atoms with E-state index in [-0.39, 0.29) is 44.0 Å². The molecular weight excluding hydrogens is 640 g/mol. The Morgan fingerprint density at radius 1 is 0.600 bits per heavy atom. The molecule has 0 spiro atoms. The van der Waals surface area contributed by atoms with Gasteiger partial charge in [-0.15, -0.1) is 0 Å². The molecule has 0 heterocycles. The Kier molecular flexibility index (Phi) is 8.68. The number of nitro groups is 2. The maximum Gasteiger partial charge on any atom is 0.337 e. The number of anilines is 2. The zero-order valence-corrected chi connectivity index (χ0v) is 23.8. The minimum absolute atomic E-state index is 0.166. The largest absolute Gasteiger partial charge is 0.478 e. The second-order valence-electron chi connectivity index (χ2n) is 8.84. The van der Waals surface area contributed by atoms with Gasteiger partial charge in [-0.05, 0) is 60.7 Å². The molecule has 0 saturated heterocycles. The highest BCUT2D eigenvalue weighted by Crippen LogP contribution is 2.31. The molecule has 232 valence electrons. The van der Waals surface area contributed by atoms with Crippen molar-refractivity contribution in [1.29, 1.82) is 0 Å². The maximum absolute atomic E-state index is 12.8. The van der Waals surface area contributed by atoms with E-state index in [1.165, 1.54) is 12.1 Å². The summed E-state index contributed by atoms with van der Waals surface area (Å²) in [6.07, 6.45) is 0. The Hall–Kier alpha value is -6.08. The Morgan fingerprint density at radius 2 is 0.933 bits per heavy atom. The molecule has 0 aromatic heterocycles. The normalized spacial score (nSPS) is 11.3. The van der Waals surface area contributed by atoms with Crippen molar-refractivity contribution in [3.05, 3.63) is 116 Å². The second-order valence-corrected chi connectivity index (χ2v) is 12.2. The Bertz CT molecular complexity index is 1920. The van der Waals surface area contributed by atoms with E-state index < -0.39 is 53.0 Å². The van der Waals surface area contributed by atoms with Gasteiger partial charge in [-0.2, -0.15) is 0 Å². The first-order valence-corrected chi connectivity index (χ1v) is 15.0. The lowest BCUT2D eigenvalue weighted by Gasteiger charge is -2.14. The lowest BCUT2D eigenvalue weighted by atomic mass is 10.1. The summed E-state index contributed by atoms with van der Waals surface area (Å²) >= 11 is 0. The minimum atomic E-state index is -4.37. The lowest BCUT2D eigenvalue weighted by molar-refractivity contribution is -0.385. The van der Waals surface area contributed by atoms with Gasteiger partial charge in [0.15, 0.2) is 0 Å². The molecule has 0 aliphatic heterocycles. The Labute approximate surface area is 252 Å². The molecule has 0 saturated carbocycles. The third kappa shape index (κ3) is 7.29. The topological polar surface area (TPSA) is 262 Å². The van der Waals surface area contributed by atoms with Crippen LogP contribution in [0.25, 0.3) is 0 Å². The number of carboxylic acid groups (broad SMARTS) is 2. The fourth-order valence-electron chi connectivity index (χ4n) is 3.74. The van der Waals surface area contributed by atoms with Crippen LogP contribution >= 0.6 is 0 Å². The second kappa shape index (κ2) is 12.3. The van der Waals surface area contributed by atoms with Crippen molar-refractivity contribution in [2.45, 2.75) is 9.79 Å². The fourth-order valence-corrected chi connectivity index (χ4v) is 5.90. The molecule has 0 aliphatic carbocycles. The molecule has 0 amide bonds. The average Bonchev–Trinajstić information content (AvgIpc) is 2.98. The highest BCUT2D eigenvalue weighted by molar-refractivity contribution is 7.93. The van der Waals surface area contributed by atoms with E-state index in [2.05, 4.69) is 9.44 Å². The Morgan fingerprint density at radius 3 is 1.22 bits per heavy atom. The van der Waals surface area contributed by atoms with Gasteiger partial charge in [0.1, 0.15) is 11.5 Å². The molecule has 17 nitrogen and oxygen atoms in total. The summed E-state index contributed by atoms with van der Waals surface area (Å²) in [6, 6.07) is 14.1. The Balaban J connectivity index is 1.58. The number of carbonyl (C=O) groups is 2. The van der Waals surface area contributed by atoms with Crippen molar-refractivity contribution < 1.29 is 51.2 Å². The zero-order valence-electron chi connectivity index (χ0n) is 22.2. The first-order chi connectivity index (χ1) is 21.1. The number of nitrogens with zero attached hydrogens (tertiary/aromatic N) is 2. The van der Waals surface area contributed by atoms with Crippen LogP contribution in [-0.4, -0.2) is 48.8 Å². The lowest BCUT2D eigenvalue weighted by Crippen LogP contribution is -2.16. The number of hydrogen-bond acceptors (Lipinski definition) is 11. The highest BCUT2D eigenvalue weighted by Gasteiger charge is 2.23. The molecule has 4 aromatic rings. The van der Waals surface area contributed by atoms with Crippen LogP contribution in [0, 0.1) is 20.2 Å². The molecule has 0 bridgehead atoms.